The van der Waals surface area contributed by atoms with Crippen molar-refractivity contribution in [2.45, 2.75) is 13.5 Å². The lowest BCUT2D eigenvalue weighted by molar-refractivity contribution is -0.132. The highest BCUT2D eigenvalue weighted by atomic mass is 16.5. The van der Waals surface area contributed by atoms with Crippen molar-refractivity contribution in [1.29, 1.82) is 0 Å². The van der Waals surface area contributed by atoms with Crippen LogP contribution in [0.25, 0.3) is 10.8 Å². The molecule has 0 saturated heterocycles. The summed E-state index contributed by atoms with van der Waals surface area (Å²) in [6.07, 6.45) is 1.56. The van der Waals surface area contributed by atoms with Crippen molar-refractivity contribution in [3.63, 3.8) is 0 Å². The van der Waals surface area contributed by atoms with Crippen LogP contribution in [0, 0.1) is 6.92 Å². The highest BCUT2D eigenvalue weighted by Crippen LogP contribution is 2.30. The number of carbonyl (C=O) groups is 2. The van der Waals surface area contributed by atoms with Gasteiger partial charge in [0, 0.05) is 7.05 Å². The Balaban J connectivity index is 1.58. The average molecular weight is 459 g/mol. The number of methoxy groups -OCH3 is 1. The molecule has 4 rings (SSSR count). The molecule has 0 atom stereocenters. The van der Waals surface area contributed by atoms with Gasteiger partial charge in [-0.3, -0.25) is 9.59 Å². The van der Waals surface area contributed by atoms with Gasteiger partial charge in [0.25, 0.3) is 11.8 Å². The van der Waals surface area contributed by atoms with Gasteiger partial charge >= 0.3 is 0 Å². The van der Waals surface area contributed by atoms with E-state index in [4.69, 9.17) is 13.9 Å². The molecule has 34 heavy (non-hydrogen) atoms. The summed E-state index contributed by atoms with van der Waals surface area (Å²) in [6, 6.07) is 20.3. The topological polar surface area (TPSA) is 81.0 Å². The summed E-state index contributed by atoms with van der Waals surface area (Å²) >= 11 is 0. The minimum Gasteiger partial charge on any atom is -0.495 e. The Labute approximate surface area is 197 Å². The smallest absolute Gasteiger partial charge is 0.260 e. The molecule has 0 radical (unpaired) electrons. The first kappa shape index (κ1) is 22.9. The third kappa shape index (κ3) is 5.20. The normalized spacial score (nSPS) is 10.7. The molecule has 174 valence electrons. The first-order valence-corrected chi connectivity index (χ1v) is 10.8. The van der Waals surface area contributed by atoms with E-state index in [1.54, 1.807) is 50.8 Å². The molecule has 0 spiro atoms. The molecule has 2 amide bonds. The number of ether oxygens (including phenoxy) is 2. The van der Waals surface area contributed by atoms with E-state index in [9.17, 15) is 9.59 Å². The highest BCUT2D eigenvalue weighted by molar-refractivity contribution is 6.09. The van der Waals surface area contributed by atoms with Gasteiger partial charge in [-0.1, -0.05) is 30.3 Å². The molecular formula is C27H26N2O5. The zero-order valence-electron chi connectivity index (χ0n) is 19.3. The zero-order chi connectivity index (χ0) is 24.1. The SMILES string of the molecule is COc1ccc(C)cc1NC(=O)c1cc2ccccc2cc1OCC(=O)N(C)Cc1ccco1. The number of aryl methyl sites for hydroxylation is 1. The number of carbonyl (C=O) groups excluding carboxylic acids is 2. The molecule has 0 fully saturated rings. The Hall–Kier alpha value is -4.26. The number of amides is 2. The maximum atomic E-state index is 13.3. The monoisotopic (exact) mass is 458 g/mol. The van der Waals surface area contributed by atoms with E-state index in [-0.39, 0.29) is 18.4 Å². The number of hydrogen-bond donors (Lipinski definition) is 1. The summed E-state index contributed by atoms with van der Waals surface area (Å²) in [6.45, 7) is 2.04. The maximum Gasteiger partial charge on any atom is 0.260 e. The molecule has 7 nitrogen and oxygen atoms in total. The number of rotatable bonds is 8. The highest BCUT2D eigenvalue weighted by Gasteiger charge is 2.19. The number of benzene rings is 3. The lowest BCUT2D eigenvalue weighted by Crippen LogP contribution is -2.31. The van der Waals surface area contributed by atoms with E-state index in [1.165, 1.54) is 4.90 Å². The Morgan fingerprint density at radius 3 is 2.44 bits per heavy atom. The number of anilines is 1. The van der Waals surface area contributed by atoms with Gasteiger partial charge in [-0.2, -0.15) is 0 Å². The molecule has 0 bridgehead atoms. The molecular weight excluding hydrogens is 432 g/mol. The number of hydrogen-bond acceptors (Lipinski definition) is 5. The molecule has 0 aliphatic heterocycles. The maximum absolute atomic E-state index is 13.3. The van der Waals surface area contributed by atoms with E-state index in [0.29, 0.717) is 35.1 Å². The van der Waals surface area contributed by atoms with Crippen molar-refractivity contribution in [2.24, 2.45) is 0 Å². The first-order chi connectivity index (χ1) is 16.4. The summed E-state index contributed by atoms with van der Waals surface area (Å²) in [5, 5.41) is 4.70. The Morgan fingerprint density at radius 2 is 1.74 bits per heavy atom. The zero-order valence-corrected chi connectivity index (χ0v) is 19.3. The molecule has 4 aromatic rings. The lowest BCUT2D eigenvalue weighted by atomic mass is 10.0. The molecule has 7 heteroatoms. The number of fused-ring (bicyclic) bond motifs is 1. The van der Waals surface area contributed by atoms with Crippen LogP contribution in [0.15, 0.2) is 77.4 Å². The van der Waals surface area contributed by atoms with Crippen molar-refractivity contribution < 1.29 is 23.5 Å². The molecule has 0 aliphatic rings. The van der Waals surface area contributed by atoms with Crippen molar-refractivity contribution in [3.8, 4) is 11.5 Å². The van der Waals surface area contributed by atoms with E-state index in [1.807, 2.05) is 43.3 Å². The summed E-state index contributed by atoms with van der Waals surface area (Å²) in [5.74, 6) is 0.950. The van der Waals surface area contributed by atoms with E-state index in [0.717, 1.165) is 16.3 Å². The summed E-state index contributed by atoms with van der Waals surface area (Å²) < 4.78 is 16.6. The summed E-state index contributed by atoms with van der Waals surface area (Å²) in [7, 11) is 3.22. The van der Waals surface area contributed by atoms with E-state index >= 15 is 0 Å². The van der Waals surface area contributed by atoms with Gasteiger partial charge < -0.3 is 24.1 Å². The van der Waals surface area contributed by atoms with E-state index in [2.05, 4.69) is 5.32 Å². The number of likely N-dealkylation sites (N-methyl/N-ethyl adjacent to an activating group) is 1. The minimum atomic E-state index is -0.360. The Kier molecular flexibility index (Phi) is 6.82. The predicted octanol–water partition coefficient (Wildman–Crippen LogP) is 5.04. The third-order valence-electron chi connectivity index (χ3n) is 5.45. The predicted molar refractivity (Wildman–Crippen MR) is 130 cm³/mol. The Bertz CT molecular complexity index is 1310. The van der Waals surface area contributed by atoms with Crippen molar-refractivity contribution >= 4 is 28.3 Å². The minimum absolute atomic E-state index is 0.219. The van der Waals surface area contributed by atoms with Gasteiger partial charge in [0.1, 0.15) is 17.3 Å². The molecule has 0 saturated carbocycles. The van der Waals surface area contributed by atoms with Crippen LogP contribution in [0.4, 0.5) is 5.69 Å². The van der Waals surface area contributed by atoms with E-state index < -0.39 is 0 Å². The van der Waals surface area contributed by atoms with Crippen LogP contribution in [-0.2, 0) is 11.3 Å². The average Bonchev–Trinajstić information content (AvgIpc) is 3.35. The second-order valence-electron chi connectivity index (χ2n) is 7.97. The van der Waals surface area contributed by atoms with Crippen LogP contribution >= 0.6 is 0 Å². The summed E-state index contributed by atoms with van der Waals surface area (Å²) in [4.78, 5) is 27.4. The van der Waals surface area contributed by atoms with Gasteiger partial charge in [0.15, 0.2) is 6.61 Å². The second kappa shape index (κ2) is 10.1. The van der Waals surface area contributed by atoms with Crippen LogP contribution in [0.5, 0.6) is 11.5 Å². The number of nitrogens with one attached hydrogen (secondary N) is 1. The fourth-order valence-electron chi connectivity index (χ4n) is 3.60. The van der Waals surface area contributed by atoms with Gasteiger partial charge in [0.05, 0.1) is 31.2 Å². The standard InChI is InChI=1S/C27H26N2O5/c1-18-10-11-24(32-3)23(13-18)28-27(31)22-14-19-7-4-5-8-20(19)15-25(22)34-17-26(30)29(2)16-21-9-6-12-33-21/h4-15H,16-17H2,1-3H3,(H,28,31). The van der Waals surface area contributed by atoms with Crippen LogP contribution in [0.3, 0.4) is 0 Å². The van der Waals surface area contributed by atoms with Gasteiger partial charge in [-0.15, -0.1) is 0 Å². The summed E-state index contributed by atoms with van der Waals surface area (Å²) in [5.41, 5.74) is 1.86. The van der Waals surface area contributed by atoms with Crippen LogP contribution in [0.1, 0.15) is 21.7 Å². The molecule has 1 aromatic heterocycles. The fourth-order valence-corrected chi connectivity index (χ4v) is 3.60. The fraction of sp³-hybridized carbons (Fsp3) is 0.185. The third-order valence-corrected chi connectivity index (χ3v) is 5.45. The van der Waals surface area contributed by atoms with Crippen molar-refractivity contribution in [3.05, 3.63) is 89.9 Å². The first-order valence-electron chi connectivity index (χ1n) is 10.8. The van der Waals surface area contributed by atoms with Crippen LogP contribution in [-0.4, -0.2) is 37.5 Å². The van der Waals surface area contributed by atoms with Crippen LogP contribution in [0.2, 0.25) is 0 Å². The largest absolute Gasteiger partial charge is 0.495 e. The molecule has 1 N–H and O–H groups in total. The van der Waals surface area contributed by atoms with Crippen molar-refractivity contribution in [1.82, 2.24) is 4.90 Å². The quantitative estimate of drug-likeness (QED) is 0.400. The lowest BCUT2D eigenvalue weighted by Gasteiger charge is -2.18. The number of furan rings is 1. The molecule has 0 unspecified atom stereocenters. The molecule has 1 heterocycles. The molecule has 0 aliphatic carbocycles. The van der Waals surface area contributed by atoms with Gasteiger partial charge in [0.2, 0.25) is 0 Å². The molecule has 3 aromatic carbocycles. The van der Waals surface area contributed by atoms with Crippen molar-refractivity contribution in [2.75, 3.05) is 26.1 Å². The number of nitrogens with zero attached hydrogens (tertiary/aromatic N) is 1. The van der Waals surface area contributed by atoms with Crippen LogP contribution < -0.4 is 14.8 Å². The second-order valence-corrected chi connectivity index (χ2v) is 7.97. The Morgan fingerprint density at radius 1 is 0.971 bits per heavy atom. The van der Waals surface area contributed by atoms with Gasteiger partial charge in [-0.25, -0.2) is 0 Å². The van der Waals surface area contributed by atoms with Gasteiger partial charge in [-0.05, 0) is 59.7 Å².